The maximum Gasteiger partial charge on any atom is 0.453 e. The minimum Gasteiger partial charge on any atom is -0.359 e. The molecule has 0 aliphatic heterocycles. The van der Waals surface area contributed by atoms with E-state index in [2.05, 4.69) is 30.8 Å². The van der Waals surface area contributed by atoms with E-state index in [1.807, 2.05) is 0 Å². The molecule has 17 heavy (non-hydrogen) atoms. The molecule has 0 fully saturated rings. The normalized spacial score (nSPS) is 11.9. The number of nitrogens with zero attached hydrogens (tertiary/aromatic N) is 3. The summed E-state index contributed by atoms with van der Waals surface area (Å²) in [6.07, 6.45) is -4.53. The highest BCUT2D eigenvalue weighted by atomic mass is 127. The topological polar surface area (TPSA) is 78.0 Å². The van der Waals surface area contributed by atoms with E-state index >= 15 is 0 Å². The van der Waals surface area contributed by atoms with Gasteiger partial charge in [0, 0.05) is 14.1 Å². The maximum atomic E-state index is 12.1. The number of aliphatic imine (C=N–C) groups is 1. The minimum atomic E-state index is -4.53. The molecular weight excluding hydrogens is 352 g/mol. The molecule has 0 saturated carbocycles. The second-order valence-electron chi connectivity index (χ2n) is 2.78. The van der Waals surface area contributed by atoms with Crippen molar-refractivity contribution in [3.05, 3.63) is 11.6 Å². The van der Waals surface area contributed by atoms with E-state index in [1.165, 1.54) is 0 Å². The number of guanidine groups is 1. The standard InChI is InChI=1S/C7H11F3N6.HI/c1-11-6(12-2)13-3-4-14-5(16-15-4)7(8,9)10;/h3H2,1-2H3,(H2,11,12,13)(H,14,15,16);1H. The van der Waals surface area contributed by atoms with Gasteiger partial charge < -0.3 is 10.6 Å². The molecule has 6 nitrogen and oxygen atoms in total. The van der Waals surface area contributed by atoms with Crippen molar-refractivity contribution in [3.8, 4) is 0 Å². The van der Waals surface area contributed by atoms with Crippen LogP contribution in [0.5, 0.6) is 0 Å². The van der Waals surface area contributed by atoms with E-state index in [-0.39, 0.29) is 36.3 Å². The lowest BCUT2D eigenvalue weighted by Gasteiger charge is -2.05. The molecular formula is C7H12F3IN6. The first-order valence-corrected chi connectivity index (χ1v) is 4.34. The molecule has 0 spiro atoms. The first kappa shape index (κ1) is 15.9. The lowest BCUT2D eigenvalue weighted by atomic mass is 10.5. The Labute approximate surface area is 113 Å². The summed E-state index contributed by atoms with van der Waals surface area (Å²) in [7, 11) is 3.18. The molecule has 0 amide bonds. The van der Waals surface area contributed by atoms with E-state index in [9.17, 15) is 13.2 Å². The fourth-order valence-electron chi connectivity index (χ4n) is 0.948. The van der Waals surface area contributed by atoms with E-state index < -0.39 is 12.0 Å². The molecule has 0 aliphatic carbocycles. The predicted molar refractivity (Wildman–Crippen MR) is 66.1 cm³/mol. The number of halogens is 4. The third-order valence-electron chi connectivity index (χ3n) is 1.67. The van der Waals surface area contributed by atoms with Gasteiger partial charge in [0.15, 0.2) is 5.96 Å². The summed E-state index contributed by atoms with van der Waals surface area (Å²) in [4.78, 5) is 7.07. The van der Waals surface area contributed by atoms with Crippen molar-refractivity contribution >= 4 is 29.9 Å². The van der Waals surface area contributed by atoms with Crippen molar-refractivity contribution in [3.63, 3.8) is 0 Å². The smallest absolute Gasteiger partial charge is 0.359 e. The van der Waals surface area contributed by atoms with Gasteiger partial charge in [-0.25, -0.2) is 4.98 Å². The van der Waals surface area contributed by atoms with Crippen LogP contribution < -0.4 is 10.6 Å². The zero-order chi connectivity index (χ0) is 12.2. The quantitative estimate of drug-likeness (QED) is 0.411. The van der Waals surface area contributed by atoms with Crippen LogP contribution >= 0.6 is 24.0 Å². The fourth-order valence-corrected chi connectivity index (χ4v) is 0.948. The largest absolute Gasteiger partial charge is 0.453 e. The van der Waals surface area contributed by atoms with Crippen LogP contribution in [0.25, 0.3) is 0 Å². The third-order valence-corrected chi connectivity index (χ3v) is 1.67. The Hall–Kier alpha value is -1.07. The summed E-state index contributed by atoms with van der Waals surface area (Å²) < 4.78 is 36.4. The lowest BCUT2D eigenvalue weighted by molar-refractivity contribution is -0.144. The summed E-state index contributed by atoms with van der Waals surface area (Å²) in [5, 5.41) is 10.7. The van der Waals surface area contributed by atoms with Crippen LogP contribution in [0.3, 0.4) is 0 Å². The summed E-state index contributed by atoms with van der Waals surface area (Å²) in [6, 6.07) is 0. The Bertz CT molecular complexity index is 374. The molecule has 98 valence electrons. The van der Waals surface area contributed by atoms with Crippen LogP contribution in [0.2, 0.25) is 0 Å². The highest BCUT2D eigenvalue weighted by Crippen LogP contribution is 2.25. The second kappa shape index (κ2) is 6.61. The summed E-state index contributed by atoms with van der Waals surface area (Å²) in [6.45, 7) is 0.0800. The average Bonchev–Trinajstić information content (AvgIpc) is 2.67. The Kier molecular flexibility index (Phi) is 6.20. The van der Waals surface area contributed by atoms with Crippen molar-refractivity contribution in [2.24, 2.45) is 4.99 Å². The Morgan fingerprint density at radius 1 is 1.47 bits per heavy atom. The SMILES string of the molecule is CN=C(NC)NCc1nc(C(F)(F)F)n[nH]1.I. The van der Waals surface area contributed by atoms with Crippen molar-refractivity contribution in [1.82, 2.24) is 25.8 Å². The molecule has 0 radical (unpaired) electrons. The second-order valence-corrected chi connectivity index (χ2v) is 2.78. The van der Waals surface area contributed by atoms with Crippen LogP contribution in [0, 0.1) is 0 Å². The highest BCUT2D eigenvalue weighted by molar-refractivity contribution is 14.0. The molecule has 10 heteroatoms. The number of hydrogen-bond donors (Lipinski definition) is 3. The number of nitrogens with one attached hydrogen (secondary N) is 3. The van der Waals surface area contributed by atoms with Gasteiger partial charge in [0.05, 0.1) is 6.54 Å². The first-order valence-electron chi connectivity index (χ1n) is 4.34. The van der Waals surface area contributed by atoms with E-state index in [0.717, 1.165) is 0 Å². The van der Waals surface area contributed by atoms with Crippen LogP contribution in [0.4, 0.5) is 13.2 Å². The molecule has 0 atom stereocenters. The van der Waals surface area contributed by atoms with Crippen LogP contribution in [0.1, 0.15) is 11.6 Å². The zero-order valence-electron chi connectivity index (χ0n) is 9.09. The number of hydrogen-bond acceptors (Lipinski definition) is 3. The van der Waals surface area contributed by atoms with Gasteiger partial charge in [0.25, 0.3) is 5.82 Å². The average molecular weight is 364 g/mol. The van der Waals surface area contributed by atoms with Crippen molar-refractivity contribution in [1.29, 1.82) is 0 Å². The summed E-state index contributed by atoms with van der Waals surface area (Å²) >= 11 is 0. The molecule has 3 N–H and O–H groups in total. The molecule has 0 saturated heterocycles. The first-order chi connectivity index (χ1) is 7.47. The van der Waals surface area contributed by atoms with Crippen molar-refractivity contribution in [2.75, 3.05) is 14.1 Å². The third kappa shape index (κ3) is 4.75. The van der Waals surface area contributed by atoms with Gasteiger partial charge in [-0.05, 0) is 0 Å². The Morgan fingerprint density at radius 2 is 2.12 bits per heavy atom. The van der Waals surface area contributed by atoms with Gasteiger partial charge in [0.2, 0.25) is 0 Å². The van der Waals surface area contributed by atoms with Gasteiger partial charge >= 0.3 is 6.18 Å². The predicted octanol–water partition coefficient (Wildman–Crippen LogP) is 0.736. The summed E-state index contributed by atoms with van der Waals surface area (Å²) in [5.74, 6) is -0.641. The maximum absolute atomic E-state index is 12.1. The molecule has 0 bridgehead atoms. The minimum absolute atomic E-state index is 0. The van der Waals surface area contributed by atoms with Gasteiger partial charge in [-0.15, -0.1) is 29.1 Å². The molecule has 1 rings (SSSR count). The number of alkyl halides is 3. The van der Waals surface area contributed by atoms with Crippen molar-refractivity contribution in [2.45, 2.75) is 12.7 Å². The van der Waals surface area contributed by atoms with Crippen LogP contribution in [0.15, 0.2) is 4.99 Å². The van der Waals surface area contributed by atoms with Crippen LogP contribution in [-0.2, 0) is 12.7 Å². The fraction of sp³-hybridized carbons (Fsp3) is 0.571. The molecule has 1 aromatic rings. The Morgan fingerprint density at radius 3 is 2.53 bits per heavy atom. The molecule has 0 unspecified atom stereocenters. The number of aromatic amines is 1. The van der Waals surface area contributed by atoms with Gasteiger partial charge in [0.1, 0.15) is 5.82 Å². The van der Waals surface area contributed by atoms with E-state index in [0.29, 0.717) is 5.96 Å². The van der Waals surface area contributed by atoms with Gasteiger partial charge in [-0.1, -0.05) is 0 Å². The molecule has 0 aromatic carbocycles. The molecule has 1 aromatic heterocycles. The highest BCUT2D eigenvalue weighted by Gasteiger charge is 2.35. The summed E-state index contributed by atoms with van der Waals surface area (Å²) in [5.41, 5.74) is 0. The number of H-pyrrole nitrogens is 1. The van der Waals surface area contributed by atoms with E-state index in [1.54, 1.807) is 14.1 Å². The van der Waals surface area contributed by atoms with Gasteiger partial charge in [-0.3, -0.25) is 10.1 Å². The van der Waals surface area contributed by atoms with E-state index in [4.69, 9.17) is 0 Å². The van der Waals surface area contributed by atoms with Gasteiger partial charge in [-0.2, -0.15) is 13.2 Å². The lowest BCUT2D eigenvalue weighted by Crippen LogP contribution is -2.34. The zero-order valence-corrected chi connectivity index (χ0v) is 11.4. The molecule has 1 heterocycles. The van der Waals surface area contributed by atoms with Crippen molar-refractivity contribution < 1.29 is 13.2 Å². The number of rotatable bonds is 2. The van der Waals surface area contributed by atoms with Crippen LogP contribution in [-0.4, -0.2) is 35.2 Å². The Balaban J connectivity index is 0.00000256. The number of aromatic nitrogens is 3. The molecule has 0 aliphatic rings. The monoisotopic (exact) mass is 364 g/mol.